The molecule has 0 radical (unpaired) electrons. The molecule has 0 aliphatic heterocycles. The third-order valence-corrected chi connectivity index (χ3v) is 10.9. The number of hydrogen-bond donors (Lipinski definition) is 0. The quantitative estimate of drug-likeness (QED) is 0.166. The van der Waals surface area contributed by atoms with Crippen LogP contribution < -0.4 is 0 Å². The summed E-state index contributed by atoms with van der Waals surface area (Å²) in [7, 11) is 0. The highest BCUT2D eigenvalue weighted by Gasteiger charge is 2.04. The zero-order valence-corrected chi connectivity index (χ0v) is 20.1. The van der Waals surface area contributed by atoms with E-state index in [1.54, 1.807) is 22.7 Å². The average molecular weight is 481 g/mol. The van der Waals surface area contributed by atoms with E-state index in [1.165, 1.54) is 41.1 Å². The minimum absolute atomic E-state index is 1.13. The molecule has 0 amide bonds. The molecule has 0 unspecified atom stereocenters. The van der Waals surface area contributed by atoms with E-state index in [0.29, 0.717) is 0 Å². The molecule has 4 aromatic rings. The van der Waals surface area contributed by atoms with E-state index in [4.69, 9.17) is 0 Å². The van der Waals surface area contributed by atoms with E-state index < -0.39 is 0 Å². The van der Waals surface area contributed by atoms with Gasteiger partial charge in [-0.15, -0.1) is 22.7 Å². The predicted octanol–water partition coefficient (Wildman–Crippen LogP) is 7.26. The van der Waals surface area contributed by atoms with Crippen molar-refractivity contribution in [3.8, 4) is 0 Å². The number of rotatable bonds is 11. The van der Waals surface area contributed by atoms with Crippen LogP contribution in [0.4, 0.5) is 0 Å². The summed E-state index contributed by atoms with van der Waals surface area (Å²) >= 11 is 11.5. The second-order valence-corrected chi connectivity index (χ2v) is 13.0. The fourth-order valence-corrected chi connectivity index (χ4v) is 9.06. The molecule has 2 aromatic heterocycles. The molecule has 0 aliphatic rings. The van der Waals surface area contributed by atoms with Crippen molar-refractivity contribution in [2.75, 3.05) is 34.5 Å². The van der Waals surface area contributed by atoms with Crippen LogP contribution in [0, 0.1) is 0 Å². The van der Waals surface area contributed by atoms with Crippen molar-refractivity contribution >= 4 is 90.2 Å². The van der Waals surface area contributed by atoms with Crippen LogP contribution in [0.1, 0.15) is 0 Å². The van der Waals surface area contributed by atoms with E-state index >= 15 is 0 Å². The molecule has 2 aromatic carbocycles. The summed E-state index contributed by atoms with van der Waals surface area (Å²) in [5, 5.41) is 0. The van der Waals surface area contributed by atoms with Gasteiger partial charge in [0.25, 0.3) is 0 Å². The van der Waals surface area contributed by atoms with Gasteiger partial charge in [-0.1, -0.05) is 47.8 Å². The zero-order chi connectivity index (χ0) is 19.0. The molecule has 0 bridgehead atoms. The lowest BCUT2D eigenvalue weighted by atomic mass is 10.3. The largest absolute Gasteiger partial charge is 0.230 e. The standard InChI is InChI=1S/C20H20N2S6/c1-3-7-17-15(5-1)21-19(27-17)25-13-11-23-9-10-24-12-14-26-20-22-16-6-2-4-8-18(16)28-20/h1-8H,9-14H2. The van der Waals surface area contributed by atoms with Gasteiger partial charge in [0.1, 0.15) is 0 Å². The van der Waals surface area contributed by atoms with Crippen molar-refractivity contribution in [2.45, 2.75) is 8.68 Å². The van der Waals surface area contributed by atoms with Crippen LogP contribution in [0.5, 0.6) is 0 Å². The predicted molar refractivity (Wildman–Crippen MR) is 135 cm³/mol. The maximum atomic E-state index is 4.68. The monoisotopic (exact) mass is 480 g/mol. The Morgan fingerprint density at radius 3 is 1.46 bits per heavy atom. The van der Waals surface area contributed by atoms with Crippen LogP contribution in [-0.4, -0.2) is 44.5 Å². The highest BCUT2D eigenvalue weighted by Crippen LogP contribution is 2.30. The van der Waals surface area contributed by atoms with Gasteiger partial charge in [-0.2, -0.15) is 23.5 Å². The Morgan fingerprint density at radius 2 is 1.00 bits per heavy atom. The van der Waals surface area contributed by atoms with Crippen molar-refractivity contribution in [2.24, 2.45) is 0 Å². The Kier molecular flexibility index (Phi) is 8.30. The summed E-state index contributed by atoms with van der Waals surface area (Å²) in [6.07, 6.45) is 0. The Hall–Kier alpha value is -0.380. The molecule has 28 heavy (non-hydrogen) atoms. The van der Waals surface area contributed by atoms with Crippen molar-refractivity contribution in [1.82, 2.24) is 9.97 Å². The second kappa shape index (κ2) is 11.1. The van der Waals surface area contributed by atoms with Gasteiger partial charge >= 0.3 is 0 Å². The number of aromatic nitrogens is 2. The lowest BCUT2D eigenvalue weighted by Gasteiger charge is -2.01. The molecule has 0 saturated carbocycles. The van der Waals surface area contributed by atoms with Crippen LogP contribution in [0.2, 0.25) is 0 Å². The van der Waals surface area contributed by atoms with Crippen LogP contribution >= 0.6 is 69.7 Å². The molecule has 0 N–H and O–H groups in total. The van der Waals surface area contributed by atoms with Gasteiger partial charge in [0, 0.05) is 34.5 Å². The van der Waals surface area contributed by atoms with Crippen molar-refractivity contribution < 1.29 is 0 Å². The maximum absolute atomic E-state index is 4.68. The summed E-state index contributed by atoms with van der Waals surface area (Å²) in [6, 6.07) is 16.8. The lowest BCUT2D eigenvalue weighted by Crippen LogP contribution is -1.92. The molecular formula is C20H20N2S6. The molecule has 8 heteroatoms. The van der Waals surface area contributed by atoms with Crippen molar-refractivity contribution in [1.29, 1.82) is 0 Å². The molecular weight excluding hydrogens is 461 g/mol. The second-order valence-electron chi connectivity index (χ2n) is 5.82. The van der Waals surface area contributed by atoms with Crippen molar-refractivity contribution in [3.63, 3.8) is 0 Å². The van der Waals surface area contributed by atoms with E-state index in [-0.39, 0.29) is 0 Å². The molecule has 146 valence electrons. The molecule has 0 atom stereocenters. The van der Waals surface area contributed by atoms with Gasteiger partial charge < -0.3 is 0 Å². The summed E-state index contributed by atoms with van der Waals surface area (Å²) in [6.45, 7) is 0. The van der Waals surface area contributed by atoms with E-state index in [2.05, 4.69) is 82.0 Å². The molecule has 4 rings (SSSR count). The summed E-state index contributed by atoms with van der Waals surface area (Å²) in [4.78, 5) is 9.36. The molecule has 2 heterocycles. The molecule has 0 fully saturated rings. The Balaban J connectivity index is 1.03. The first-order chi connectivity index (χ1) is 13.9. The molecule has 0 saturated heterocycles. The van der Waals surface area contributed by atoms with Crippen LogP contribution in [-0.2, 0) is 0 Å². The highest BCUT2D eigenvalue weighted by molar-refractivity contribution is 8.06. The number of thiazole rings is 2. The van der Waals surface area contributed by atoms with Gasteiger partial charge in [-0.3, -0.25) is 0 Å². The molecule has 0 spiro atoms. The highest BCUT2D eigenvalue weighted by atomic mass is 32.2. The van der Waals surface area contributed by atoms with Gasteiger partial charge in [-0.05, 0) is 24.3 Å². The summed E-state index contributed by atoms with van der Waals surface area (Å²) in [5.74, 6) is 7.14. The lowest BCUT2D eigenvalue weighted by molar-refractivity contribution is 1.30. The zero-order valence-electron chi connectivity index (χ0n) is 15.2. The molecule has 2 nitrogen and oxygen atoms in total. The summed E-state index contributed by atoms with van der Waals surface area (Å²) < 4.78 is 4.97. The average Bonchev–Trinajstić information content (AvgIpc) is 3.32. The third kappa shape index (κ3) is 6.06. The Labute approximate surface area is 190 Å². The van der Waals surface area contributed by atoms with Crippen LogP contribution in [0.3, 0.4) is 0 Å². The minimum Gasteiger partial charge on any atom is -0.230 e. The fraction of sp³-hybridized carbons (Fsp3) is 0.300. The smallest absolute Gasteiger partial charge is 0.151 e. The number of para-hydroxylation sites is 2. The van der Waals surface area contributed by atoms with Crippen LogP contribution in [0.25, 0.3) is 20.4 Å². The number of benzene rings is 2. The normalized spacial score (nSPS) is 11.6. The van der Waals surface area contributed by atoms with E-state index in [1.807, 2.05) is 23.5 Å². The first-order valence-electron chi connectivity index (χ1n) is 9.01. The third-order valence-electron chi connectivity index (χ3n) is 3.83. The first-order valence-corrected chi connectivity index (χ1v) is 14.9. The van der Waals surface area contributed by atoms with Gasteiger partial charge in [0.05, 0.1) is 20.4 Å². The Bertz CT molecular complexity index is 864. The number of fused-ring (bicyclic) bond motifs is 2. The van der Waals surface area contributed by atoms with Gasteiger partial charge in [0.2, 0.25) is 0 Å². The summed E-state index contributed by atoms with van der Waals surface area (Å²) in [5.41, 5.74) is 2.26. The van der Waals surface area contributed by atoms with Crippen LogP contribution in [0.15, 0.2) is 57.2 Å². The fourth-order valence-electron chi connectivity index (χ4n) is 2.52. The maximum Gasteiger partial charge on any atom is 0.151 e. The number of hydrogen-bond acceptors (Lipinski definition) is 8. The van der Waals surface area contributed by atoms with Gasteiger partial charge in [-0.25, -0.2) is 9.97 Å². The Morgan fingerprint density at radius 1 is 0.571 bits per heavy atom. The van der Waals surface area contributed by atoms with E-state index in [9.17, 15) is 0 Å². The first kappa shape index (κ1) is 20.9. The molecule has 0 aliphatic carbocycles. The van der Waals surface area contributed by atoms with Crippen molar-refractivity contribution in [3.05, 3.63) is 48.5 Å². The number of nitrogens with zero attached hydrogens (tertiary/aromatic N) is 2. The number of thioether (sulfide) groups is 4. The topological polar surface area (TPSA) is 25.8 Å². The SMILES string of the molecule is c1ccc2sc(SCCSCCSCCSc3nc4ccccc4s3)nc2c1. The minimum atomic E-state index is 1.13. The van der Waals surface area contributed by atoms with E-state index in [0.717, 1.165) is 22.5 Å². The van der Waals surface area contributed by atoms with Gasteiger partial charge in [0.15, 0.2) is 8.68 Å².